The van der Waals surface area contributed by atoms with Crippen LogP contribution in [0.5, 0.6) is 0 Å². The van der Waals surface area contributed by atoms with Gasteiger partial charge < -0.3 is 5.21 Å². The summed E-state index contributed by atoms with van der Waals surface area (Å²) < 4.78 is 12.5. The minimum absolute atomic E-state index is 0.0972. The van der Waals surface area contributed by atoms with Crippen LogP contribution in [0.4, 0.5) is 4.39 Å². The fraction of sp³-hybridized carbons (Fsp3) is 0.143. The molecule has 1 heterocycles. The molecular formula is C7H6ClFN2O. The first-order valence-electron chi connectivity index (χ1n) is 3.16. The molecule has 0 unspecified atom stereocenters. The van der Waals surface area contributed by atoms with Crippen LogP contribution in [0.15, 0.2) is 17.3 Å². The van der Waals surface area contributed by atoms with Crippen LogP contribution in [0.25, 0.3) is 0 Å². The molecule has 0 atom stereocenters. The van der Waals surface area contributed by atoms with Gasteiger partial charge >= 0.3 is 0 Å². The second-order valence-electron chi connectivity index (χ2n) is 2.16. The van der Waals surface area contributed by atoms with Crippen LogP contribution in [0.3, 0.4) is 0 Å². The number of hydrogen-bond acceptors (Lipinski definition) is 3. The highest BCUT2D eigenvalue weighted by Crippen LogP contribution is 2.09. The van der Waals surface area contributed by atoms with Gasteiger partial charge in [-0.05, 0) is 19.1 Å². The smallest absolute Gasteiger partial charge is 0.213 e. The fourth-order valence-corrected chi connectivity index (χ4v) is 1.00. The molecule has 1 aromatic rings. The zero-order valence-electron chi connectivity index (χ0n) is 6.25. The summed E-state index contributed by atoms with van der Waals surface area (Å²) in [6.07, 6.45) is 0. The molecule has 0 amide bonds. The van der Waals surface area contributed by atoms with E-state index in [4.69, 9.17) is 16.8 Å². The molecule has 1 rings (SSSR count). The third kappa shape index (κ3) is 1.71. The first kappa shape index (κ1) is 8.93. The molecule has 0 aromatic carbocycles. The molecule has 12 heavy (non-hydrogen) atoms. The lowest BCUT2D eigenvalue weighted by Gasteiger charge is -1.99. The standard InChI is InChI=1S/C7H6ClFN2O/c1-4-5(7(8)11-12)2-3-6(9)10-4/h2-3,12H,1H3. The predicted octanol–water partition coefficient (Wildman–Crippen LogP) is 1.90. The fourth-order valence-electron chi connectivity index (χ4n) is 0.802. The lowest BCUT2D eigenvalue weighted by Crippen LogP contribution is -1.99. The van der Waals surface area contributed by atoms with Crippen molar-refractivity contribution in [2.45, 2.75) is 6.92 Å². The Morgan fingerprint density at radius 1 is 1.67 bits per heavy atom. The van der Waals surface area contributed by atoms with Gasteiger partial charge in [-0.1, -0.05) is 16.8 Å². The van der Waals surface area contributed by atoms with Gasteiger partial charge in [-0.3, -0.25) is 0 Å². The van der Waals surface area contributed by atoms with E-state index in [1.807, 2.05) is 0 Å². The minimum Gasteiger partial charge on any atom is -0.410 e. The van der Waals surface area contributed by atoms with E-state index in [1.54, 1.807) is 6.92 Å². The molecule has 0 fully saturated rings. The average Bonchev–Trinajstić information content (AvgIpc) is 2.03. The van der Waals surface area contributed by atoms with Gasteiger partial charge in [0, 0.05) is 5.56 Å². The van der Waals surface area contributed by atoms with Crippen molar-refractivity contribution in [2.75, 3.05) is 0 Å². The summed E-state index contributed by atoms with van der Waals surface area (Å²) in [7, 11) is 0. The van der Waals surface area contributed by atoms with Crippen molar-refractivity contribution in [3.05, 3.63) is 29.3 Å². The Morgan fingerprint density at radius 2 is 2.33 bits per heavy atom. The Balaban J connectivity index is 3.18. The van der Waals surface area contributed by atoms with Crippen molar-refractivity contribution in [3.63, 3.8) is 0 Å². The number of oxime groups is 1. The normalized spacial score (nSPS) is 11.8. The van der Waals surface area contributed by atoms with Crippen LogP contribution >= 0.6 is 11.6 Å². The van der Waals surface area contributed by atoms with Crippen LogP contribution in [0.2, 0.25) is 0 Å². The Kier molecular flexibility index (Phi) is 2.60. The predicted molar refractivity (Wildman–Crippen MR) is 43.1 cm³/mol. The summed E-state index contributed by atoms with van der Waals surface area (Å²) >= 11 is 5.49. The van der Waals surface area contributed by atoms with Gasteiger partial charge in [-0.25, -0.2) is 4.98 Å². The van der Waals surface area contributed by atoms with Crippen molar-refractivity contribution in [1.29, 1.82) is 0 Å². The van der Waals surface area contributed by atoms with Crippen LogP contribution < -0.4 is 0 Å². The van der Waals surface area contributed by atoms with Crippen molar-refractivity contribution in [3.8, 4) is 0 Å². The zero-order valence-corrected chi connectivity index (χ0v) is 7.01. The van der Waals surface area contributed by atoms with Gasteiger partial charge in [0.05, 0.1) is 5.69 Å². The van der Waals surface area contributed by atoms with Crippen LogP contribution in [-0.2, 0) is 0 Å². The summed E-state index contributed by atoms with van der Waals surface area (Å²) in [5.74, 6) is -0.585. The second kappa shape index (κ2) is 3.49. The van der Waals surface area contributed by atoms with Crippen molar-refractivity contribution in [1.82, 2.24) is 4.98 Å². The highest BCUT2D eigenvalue weighted by Gasteiger charge is 2.06. The van der Waals surface area contributed by atoms with E-state index in [0.717, 1.165) is 6.07 Å². The zero-order chi connectivity index (χ0) is 9.14. The van der Waals surface area contributed by atoms with Crippen LogP contribution in [0, 0.1) is 12.9 Å². The summed E-state index contributed by atoms with van der Waals surface area (Å²) in [5.41, 5.74) is 0.804. The van der Waals surface area contributed by atoms with Gasteiger partial charge in [0.15, 0.2) is 5.17 Å². The lowest BCUT2D eigenvalue weighted by atomic mass is 10.2. The molecule has 5 heteroatoms. The Labute approximate surface area is 73.5 Å². The van der Waals surface area contributed by atoms with E-state index < -0.39 is 5.95 Å². The van der Waals surface area contributed by atoms with Crippen molar-refractivity contribution < 1.29 is 9.60 Å². The van der Waals surface area contributed by atoms with Gasteiger partial charge in [0.1, 0.15) is 0 Å². The molecule has 1 aromatic heterocycles. The molecule has 1 N–H and O–H groups in total. The number of hydrogen-bond donors (Lipinski definition) is 1. The van der Waals surface area contributed by atoms with E-state index >= 15 is 0 Å². The second-order valence-corrected chi connectivity index (χ2v) is 2.52. The molecule has 0 bridgehead atoms. The number of nitrogens with zero attached hydrogens (tertiary/aromatic N) is 2. The largest absolute Gasteiger partial charge is 0.410 e. The molecule has 0 aliphatic heterocycles. The summed E-state index contributed by atoms with van der Waals surface area (Å²) in [4.78, 5) is 3.50. The monoisotopic (exact) mass is 188 g/mol. The molecule has 0 aliphatic carbocycles. The minimum atomic E-state index is -0.585. The molecule has 0 aliphatic rings. The number of pyridine rings is 1. The van der Waals surface area contributed by atoms with Gasteiger partial charge in [0.2, 0.25) is 5.95 Å². The summed E-state index contributed by atoms with van der Waals surface area (Å²) in [6.45, 7) is 1.58. The molecule has 0 saturated heterocycles. The SMILES string of the molecule is Cc1nc(F)ccc1C(Cl)=NO. The van der Waals surface area contributed by atoms with Gasteiger partial charge in [-0.15, -0.1) is 0 Å². The first-order valence-corrected chi connectivity index (χ1v) is 3.54. The molecule has 0 spiro atoms. The van der Waals surface area contributed by atoms with E-state index in [2.05, 4.69) is 10.1 Å². The summed E-state index contributed by atoms with van der Waals surface area (Å²) in [5, 5.41) is 11.0. The number of aromatic nitrogens is 1. The molecule has 0 radical (unpaired) electrons. The number of halogens is 2. The van der Waals surface area contributed by atoms with E-state index in [1.165, 1.54) is 6.07 Å². The summed E-state index contributed by atoms with van der Waals surface area (Å²) in [6, 6.07) is 2.55. The average molecular weight is 189 g/mol. The molecule has 3 nitrogen and oxygen atoms in total. The number of rotatable bonds is 1. The lowest BCUT2D eigenvalue weighted by molar-refractivity contribution is 0.320. The van der Waals surface area contributed by atoms with E-state index in [-0.39, 0.29) is 5.17 Å². The Hall–Kier alpha value is -1.16. The van der Waals surface area contributed by atoms with Gasteiger partial charge in [-0.2, -0.15) is 4.39 Å². The maximum atomic E-state index is 12.5. The number of aryl methyl sites for hydroxylation is 1. The Bertz CT molecular complexity index is 327. The maximum Gasteiger partial charge on any atom is 0.213 e. The highest BCUT2D eigenvalue weighted by molar-refractivity contribution is 6.69. The topological polar surface area (TPSA) is 45.5 Å². The highest BCUT2D eigenvalue weighted by atomic mass is 35.5. The molecule has 0 saturated carbocycles. The first-order chi connectivity index (χ1) is 5.65. The Morgan fingerprint density at radius 3 is 2.83 bits per heavy atom. The molecular weight excluding hydrogens is 183 g/mol. The molecule has 64 valence electrons. The van der Waals surface area contributed by atoms with Gasteiger partial charge in [0.25, 0.3) is 0 Å². The maximum absolute atomic E-state index is 12.5. The van der Waals surface area contributed by atoms with Crippen molar-refractivity contribution in [2.24, 2.45) is 5.16 Å². The quantitative estimate of drug-likeness (QED) is 0.317. The van der Waals surface area contributed by atoms with Crippen molar-refractivity contribution >= 4 is 16.8 Å². The third-order valence-electron chi connectivity index (χ3n) is 1.36. The van der Waals surface area contributed by atoms with Crippen LogP contribution in [-0.4, -0.2) is 15.4 Å². The third-order valence-corrected chi connectivity index (χ3v) is 1.64. The van der Waals surface area contributed by atoms with E-state index in [0.29, 0.717) is 11.3 Å². The van der Waals surface area contributed by atoms with E-state index in [9.17, 15) is 4.39 Å². The van der Waals surface area contributed by atoms with Crippen LogP contribution in [0.1, 0.15) is 11.3 Å².